The summed E-state index contributed by atoms with van der Waals surface area (Å²) < 4.78 is 10.7. The predicted molar refractivity (Wildman–Crippen MR) is 92.9 cm³/mol. The second-order valence-corrected chi connectivity index (χ2v) is 5.42. The van der Waals surface area contributed by atoms with Crippen LogP contribution in [0.3, 0.4) is 0 Å². The molecule has 24 heavy (non-hydrogen) atoms. The van der Waals surface area contributed by atoms with Gasteiger partial charge in [-0.1, -0.05) is 36.4 Å². The molecule has 0 radical (unpaired) electrons. The number of nitrogens with one attached hydrogen (secondary N) is 2. The molecule has 0 amide bonds. The van der Waals surface area contributed by atoms with Crippen molar-refractivity contribution in [3.05, 3.63) is 65.7 Å². The molecule has 2 aromatic rings. The SMILES string of the molecule is COc1cc(C2NCCN2)ccc1OC(=O)/C=C/c1ccccc1. The quantitative estimate of drug-likeness (QED) is 0.503. The highest BCUT2D eigenvalue weighted by molar-refractivity contribution is 5.89. The number of benzene rings is 2. The molecule has 0 unspecified atom stereocenters. The van der Waals surface area contributed by atoms with E-state index in [1.807, 2.05) is 42.5 Å². The van der Waals surface area contributed by atoms with Gasteiger partial charge in [0.15, 0.2) is 11.5 Å². The fourth-order valence-corrected chi connectivity index (χ4v) is 2.56. The topological polar surface area (TPSA) is 59.6 Å². The Hall–Kier alpha value is -2.63. The standard InChI is InChI=1S/C19H20N2O3/c1-23-17-13-15(19-20-11-12-21-19)8-9-16(17)24-18(22)10-7-14-5-3-2-4-6-14/h2-10,13,19-21H,11-12H2,1H3/b10-7+. The molecule has 2 N–H and O–H groups in total. The minimum absolute atomic E-state index is 0.0987. The summed E-state index contributed by atoms with van der Waals surface area (Å²) >= 11 is 0. The van der Waals surface area contributed by atoms with E-state index in [2.05, 4.69) is 10.6 Å². The van der Waals surface area contributed by atoms with Crippen LogP contribution in [0.2, 0.25) is 0 Å². The van der Waals surface area contributed by atoms with E-state index in [1.165, 1.54) is 6.08 Å². The highest BCUT2D eigenvalue weighted by Crippen LogP contribution is 2.30. The summed E-state index contributed by atoms with van der Waals surface area (Å²) in [4.78, 5) is 12.0. The van der Waals surface area contributed by atoms with Crippen LogP contribution in [0.15, 0.2) is 54.6 Å². The Balaban J connectivity index is 1.69. The van der Waals surface area contributed by atoms with Gasteiger partial charge in [-0.3, -0.25) is 10.6 Å². The molecular formula is C19H20N2O3. The van der Waals surface area contributed by atoms with E-state index >= 15 is 0 Å². The summed E-state index contributed by atoms with van der Waals surface area (Å²) in [6.07, 6.45) is 3.22. The highest BCUT2D eigenvalue weighted by Gasteiger charge is 2.17. The van der Waals surface area contributed by atoms with Crippen LogP contribution in [0.4, 0.5) is 0 Å². The number of hydrogen-bond donors (Lipinski definition) is 2. The van der Waals surface area contributed by atoms with Crippen LogP contribution in [-0.2, 0) is 4.79 Å². The van der Waals surface area contributed by atoms with Crippen molar-refractivity contribution >= 4 is 12.0 Å². The molecule has 0 aromatic heterocycles. The summed E-state index contributed by atoms with van der Waals surface area (Å²) in [5.74, 6) is 0.494. The average Bonchev–Trinajstić information content (AvgIpc) is 3.16. The molecule has 5 heteroatoms. The van der Waals surface area contributed by atoms with Gasteiger partial charge in [0.1, 0.15) is 0 Å². The van der Waals surface area contributed by atoms with Crippen LogP contribution in [0.1, 0.15) is 17.3 Å². The lowest BCUT2D eigenvalue weighted by molar-refractivity contribution is -0.129. The molecule has 0 aliphatic carbocycles. The fraction of sp³-hybridized carbons (Fsp3) is 0.211. The van der Waals surface area contributed by atoms with E-state index in [1.54, 1.807) is 19.3 Å². The third kappa shape index (κ3) is 4.01. The van der Waals surface area contributed by atoms with Crippen molar-refractivity contribution in [2.45, 2.75) is 6.17 Å². The van der Waals surface area contributed by atoms with Crippen molar-refractivity contribution in [1.29, 1.82) is 0 Å². The van der Waals surface area contributed by atoms with Crippen LogP contribution in [0.5, 0.6) is 11.5 Å². The summed E-state index contributed by atoms with van der Waals surface area (Å²) in [6, 6.07) is 15.1. The Morgan fingerprint density at radius 1 is 1.08 bits per heavy atom. The first-order valence-electron chi connectivity index (χ1n) is 7.86. The van der Waals surface area contributed by atoms with E-state index in [9.17, 15) is 4.79 Å². The van der Waals surface area contributed by atoms with E-state index in [0.29, 0.717) is 11.5 Å². The molecule has 0 atom stereocenters. The van der Waals surface area contributed by atoms with Crippen molar-refractivity contribution < 1.29 is 14.3 Å². The Kier molecular flexibility index (Phi) is 5.25. The molecule has 1 saturated heterocycles. The van der Waals surface area contributed by atoms with Crippen molar-refractivity contribution in [2.24, 2.45) is 0 Å². The molecule has 0 bridgehead atoms. The summed E-state index contributed by atoms with van der Waals surface area (Å²) in [5.41, 5.74) is 1.99. The molecule has 0 saturated carbocycles. The number of ether oxygens (including phenoxy) is 2. The van der Waals surface area contributed by atoms with Gasteiger partial charge in [-0.15, -0.1) is 0 Å². The Morgan fingerprint density at radius 3 is 2.54 bits per heavy atom. The van der Waals surface area contributed by atoms with E-state index < -0.39 is 5.97 Å². The highest BCUT2D eigenvalue weighted by atomic mass is 16.6. The zero-order valence-electron chi connectivity index (χ0n) is 13.5. The lowest BCUT2D eigenvalue weighted by Gasteiger charge is -2.14. The number of rotatable bonds is 5. The average molecular weight is 324 g/mol. The van der Waals surface area contributed by atoms with E-state index in [-0.39, 0.29) is 6.17 Å². The first-order chi connectivity index (χ1) is 11.8. The maximum atomic E-state index is 12.0. The molecule has 1 fully saturated rings. The summed E-state index contributed by atoms with van der Waals surface area (Å²) in [7, 11) is 1.56. The van der Waals surface area contributed by atoms with Gasteiger partial charge in [-0.2, -0.15) is 0 Å². The second kappa shape index (κ2) is 7.77. The molecule has 5 nitrogen and oxygen atoms in total. The summed E-state index contributed by atoms with van der Waals surface area (Å²) in [5, 5.41) is 6.67. The van der Waals surface area contributed by atoms with Gasteiger partial charge in [0, 0.05) is 19.2 Å². The lowest BCUT2D eigenvalue weighted by Crippen LogP contribution is -2.21. The molecule has 1 heterocycles. The molecular weight excluding hydrogens is 304 g/mol. The molecule has 3 rings (SSSR count). The van der Waals surface area contributed by atoms with Crippen molar-refractivity contribution in [3.63, 3.8) is 0 Å². The van der Waals surface area contributed by atoms with E-state index in [4.69, 9.17) is 9.47 Å². The monoisotopic (exact) mass is 324 g/mol. The number of hydrogen-bond acceptors (Lipinski definition) is 5. The number of carbonyl (C=O) groups excluding carboxylic acids is 1. The van der Waals surface area contributed by atoms with Crippen molar-refractivity contribution in [1.82, 2.24) is 10.6 Å². The Morgan fingerprint density at radius 2 is 1.83 bits per heavy atom. The molecule has 2 aromatic carbocycles. The largest absolute Gasteiger partial charge is 0.493 e. The third-order valence-electron chi connectivity index (χ3n) is 3.76. The van der Waals surface area contributed by atoms with Gasteiger partial charge in [0.25, 0.3) is 0 Å². The fourth-order valence-electron chi connectivity index (χ4n) is 2.56. The van der Waals surface area contributed by atoms with Crippen LogP contribution >= 0.6 is 0 Å². The third-order valence-corrected chi connectivity index (χ3v) is 3.76. The van der Waals surface area contributed by atoms with Crippen LogP contribution in [0.25, 0.3) is 6.08 Å². The minimum atomic E-state index is -0.443. The minimum Gasteiger partial charge on any atom is -0.493 e. The van der Waals surface area contributed by atoms with Gasteiger partial charge >= 0.3 is 5.97 Å². The summed E-state index contributed by atoms with van der Waals surface area (Å²) in [6.45, 7) is 1.85. The lowest BCUT2D eigenvalue weighted by atomic mass is 10.1. The number of methoxy groups -OCH3 is 1. The normalized spacial score (nSPS) is 14.9. The molecule has 1 aliphatic rings. The molecule has 0 spiro atoms. The predicted octanol–water partition coefficient (Wildman–Crippen LogP) is 2.51. The van der Waals surface area contributed by atoms with Gasteiger partial charge in [-0.25, -0.2) is 4.79 Å². The van der Waals surface area contributed by atoms with Crippen LogP contribution < -0.4 is 20.1 Å². The smallest absolute Gasteiger partial charge is 0.336 e. The van der Waals surface area contributed by atoms with Gasteiger partial charge in [0.05, 0.1) is 13.3 Å². The van der Waals surface area contributed by atoms with Crippen molar-refractivity contribution in [3.8, 4) is 11.5 Å². The van der Waals surface area contributed by atoms with Crippen LogP contribution in [0, 0.1) is 0 Å². The number of esters is 1. The maximum Gasteiger partial charge on any atom is 0.336 e. The van der Waals surface area contributed by atoms with Gasteiger partial charge in [0.2, 0.25) is 0 Å². The molecule has 124 valence electrons. The zero-order chi connectivity index (χ0) is 16.8. The van der Waals surface area contributed by atoms with E-state index in [0.717, 1.165) is 24.2 Å². The molecule has 1 aliphatic heterocycles. The Labute approximate surface area is 141 Å². The van der Waals surface area contributed by atoms with Crippen LogP contribution in [-0.4, -0.2) is 26.2 Å². The zero-order valence-corrected chi connectivity index (χ0v) is 13.5. The Bertz CT molecular complexity index is 723. The second-order valence-electron chi connectivity index (χ2n) is 5.42. The van der Waals surface area contributed by atoms with Gasteiger partial charge < -0.3 is 9.47 Å². The van der Waals surface area contributed by atoms with Gasteiger partial charge in [-0.05, 0) is 29.3 Å². The first kappa shape index (κ1) is 16.2. The maximum absolute atomic E-state index is 12.0. The number of carbonyl (C=O) groups is 1. The van der Waals surface area contributed by atoms with Crippen molar-refractivity contribution in [2.75, 3.05) is 20.2 Å². The first-order valence-corrected chi connectivity index (χ1v) is 7.86.